The van der Waals surface area contributed by atoms with E-state index in [1.165, 1.54) is 24.3 Å². The third-order valence-corrected chi connectivity index (χ3v) is 3.69. The van der Waals surface area contributed by atoms with Gasteiger partial charge in [0, 0.05) is 24.2 Å². The quantitative estimate of drug-likeness (QED) is 0.649. The standard InChI is InChI=1S/C17H15F3N2O3/c1-11(12-5-7-15(8-6-12)22(24)25)10-21-16(23)13-3-2-4-14(9-13)17(18,19)20/h2-9,11H,10H2,1H3,(H,21,23)/t11-/m1/s1. The predicted molar refractivity (Wildman–Crippen MR) is 85.3 cm³/mol. The first-order valence-electron chi connectivity index (χ1n) is 7.38. The number of hydrogen-bond donors (Lipinski definition) is 1. The Hall–Kier alpha value is -2.90. The van der Waals surface area contributed by atoms with Crippen LogP contribution in [0.2, 0.25) is 0 Å². The summed E-state index contributed by atoms with van der Waals surface area (Å²) >= 11 is 0. The highest BCUT2D eigenvalue weighted by molar-refractivity contribution is 5.94. The Morgan fingerprint density at radius 3 is 2.40 bits per heavy atom. The smallest absolute Gasteiger partial charge is 0.351 e. The average Bonchev–Trinajstić information content (AvgIpc) is 2.58. The zero-order valence-electron chi connectivity index (χ0n) is 13.2. The van der Waals surface area contributed by atoms with Crippen molar-refractivity contribution < 1.29 is 22.9 Å². The fraction of sp³-hybridized carbons (Fsp3) is 0.235. The number of halogens is 3. The normalized spacial score (nSPS) is 12.5. The first-order chi connectivity index (χ1) is 11.7. The van der Waals surface area contributed by atoms with Gasteiger partial charge in [-0.2, -0.15) is 13.2 Å². The molecule has 0 saturated heterocycles. The van der Waals surface area contributed by atoms with Crippen LogP contribution in [0.25, 0.3) is 0 Å². The van der Waals surface area contributed by atoms with E-state index in [0.29, 0.717) is 0 Å². The molecule has 25 heavy (non-hydrogen) atoms. The Labute approximate surface area is 141 Å². The van der Waals surface area contributed by atoms with Crippen molar-refractivity contribution >= 4 is 11.6 Å². The van der Waals surface area contributed by atoms with Crippen molar-refractivity contribution in [3.8, 4) is 0 Å². The number of non-ortho nitro benzene ring substituents is 1. The molecular weight excluding hydrogens is 337 g/mol. The minimum atomic E-state index is -4.51. The van der Waals surface area contributed by atoms with Crippen LogP contribution in [0.4, 0.5) is 18.9 Å². The Kier molecular flexibility index (Phi) is 5.41. The first kappa shape index (κ1) is 18.4. The van der Waals surface area contributed by atoms with E-state index in [1.807, 2.05) is 0 Å². The van der Waals surface area contributed by atoms with Crippen LogP contribution in [-0.4, -0.2) is 17.4 Å². The summed E-state index contributed by atoms with van der Waals surface area (Å²) < 4.78 is 38.0. The highest BCUT2D eigenvalue weighted by Crippen LogP contribution is 2.29. The minimum Gasteiger partial charge on any atom is -0.351 e. The molecule has 0 aliphatic carbocycles. The lowest BCUT2D eigenvalue weighted by Crippen LogP contribution is -2.27. The first-order valence-corrected chi connectivity index (χ1v) is 7.38. The maximum atomic E-state index is 12.7. The van der Waals surface area contributed by atoms with E-state index in [0.717, 1.165) is 17.7 Å². The number of nitrogens with one attached hydrogen (secondary N) is 1. The molecule has 2 aromatic rings. The maximum absolute atomic E-state index is 12.7. The molecule has 0 unspecified atom stereocenters. The largest absolute Gasteiger partial charge is 0.416 e. The number of nitrogens with zero attached hydrogens (tertiary/aromatic N) is 1. The monoisotopic (exact) mass is 352 g/mol. The van der Waals surface area contributed by atoms with Gasteiger partial charge in [0.15, 0.2) is 0 Å². The van der Waals surface area contributed by atoms with E-state index in [-0.39, 0.29) is 23.7 Å². The van der Waals surface area contributed by atoms with Gasteiger partial charge in [0.05, 0.1) is 10.5 Å². The van der Waals surface area contributed by atoms with Crippen LogP contribution < -0.4 is 5.32 Å². The Morgan fingerprint density at radius 1 is 1.20 bits per heavy atom. The molecular formula is C17H15F3N2O3. The lowest BCUT2D eigenvalue weighted by atomic mass is 10.0. The second-order valence-electron chi connectivity index (χ2n) is 5.54. The molecule has 0 bridgehead atoms. The number of carbonyl (C=O) groups is 1. The van der Waals surface area contributed by atoms with E-state index in [2.05, 4.69) is 5.32 Å². The number of amides is 1. The number of carbonyl (C=O) groups excluding carboxylic acids is 1. The van der Waals surface area contributed by atoms with Gasteiger partial charge in [-0.25, -0.2) is 0 Å². The molecule has 0 fully saturated rings. The zero-order valence-corrected chi connectivity index (χ0v) is 13.2. The molecule has 1 atom stereocenters. The SMILES string of the molecule is C[C@H](CNC(=O)c1cccc(C(F)(F)F)c1)c1ccc([N+](=O)[O-])cc1. The van der Waals surface area contributed by atoms with Crippen LogP contribution in [-0.2, 0) is 6.18 Å². The zero-order chi connectivity index (χ0) is 18.6. The molecule has 5 nitrogen and oxygen atoms in total. The molecule has 0 aliphatic rings. The number of hydrogen-bond acceptors (Lipinski definition) is 3. The van der Waals surface area contributed by atoms with E-state index < -0.39 is 22.6 Å². The summed E-state index contributed by atoms with van der Waals surface area (Å²) in [6.07, 6.45) is -4.51. The number of alkyl halides is 3. The highest BCUT2D eigenvalue weighted by atomic mass is 19.4. The summed E-state index contributed by atoms with van der Waals surface area (Å²) in [7, 11) is 0. The second-order valence-corrected chi connectivity index (χ2v) is 5.54. The van der Waals surface area contributed by atoms with Crippen LogP contribution in [0, 0.1) is 10.1 Å². The summed E-state index contributed by atoms with van der Waals surface area (Å²) in [6.45, 7) is 1.99. The molecule has 0 aliphatic heterocycles. The molecule has 1 N–H and O–H groups in total. The Morgan fingerprint density at radius 2 is 1.84 bits per heavy atom. The molecule has 0 radical (unpaired) electrons. The lowest BCUT2D eigenvalue weighted by Gasteiger charge is -2.14. The van der Waals surface area contributed by atoms with Gasteiger partial charge < -0.3 is 5.32 Å². The molecule has 0 saturated carbocycles. The number of nitro benzene ring substituents is 1. The van der Waals surface area contributed by atoms with Crippen molar-refractivity contribution in [1.29, 1.82) is 0 Å². The molecule has 0 spiro atoms. The highest BCUT2D eigenvalue weighted by Gasteiger charge is 2.30. The van der Waals surface area contributed by atoms with Crippen molar-refractivity contribution in [2.75, 3.05) is 6.54 Å². The number of benzene rings is 2. The number of rotatable bonds is 5. The third-order valence-electron chi connectivity index (χ3n) is 3.69. The van der Waals surface area contributed by atoms with Crippen molar-refractivity contribution in [3.05, 3.63) is 75.3 Å². The summed E-state index contributed by atoms with van der Waals surface area (Å²) in [5.41, 5.74) is -0.229. The Bertz CT molecular complexity index is 773. The van der Waals surface area contributed by atoms with E-state index in [9.17, 15) is 28.1 Å². The summed E-state index contributed by atoms with van der Waals surface area (Å²) in [4.78, 5) is 22.1. The minimum absolute atomic E-state index is 0.0380. The van der Waals surface area contributed by atoms with Gasteiger partial charge in [-0.1, -0.05) is 25.1 Å². The molecule has 0 heterocycles. The van der Waals surface area contributed by atoms with Gasteiger partial charge in [0.25, 0.3) is 11.6 Å². The fourth-order valence-electron chi connectivity index (χ4n) is 2.23. The summed E-state index contributed by atoms with van der Waals surface area (Å²) in [5, 5.41) is 13.2. The molecule has 1 amide bonds. The van der Waals surface area contributed by atoms with Gasteiger partial charge in [-0.05, 0) is 29.7 Å². The summed E-state index contributed by atoms with van der Waals surface area (Å²) in [6, 6.07) is 10.1. The lowest BCUT2D eigenvalue weighted by molar-refractivity contribution is -0.384. The van der Waals surface area contributed by atoms with Crippen molar-refractivity contribution in [3.63, 3.8) is 0 Å². The van der Waals surface area contributed by atoms with E-state index >= 15 is 0 Å². The molecule has 2 rings (SSSR count). The van der Waals surface area contributed by atoms with Crippen LogP contribution in [0.3, 0.4) is 0 Å². The van der Waals surface area contributed by atoms with E-state index in [1.54, 1.807) is 19.1 Å². The van der Waals surface area contributed by atoms with Crippen LogP contribution in [0.15, 0.2) is 48.5 Å². The van der Waals surface area contributed by atoms with Gasteiger partial charge >= 0.3 is 6.18 Å². The maximum Gasteiger partial charge on any atom is 0.416 e. The molecule has 2 aromatic carbocycles. The van der Waals surface area contributed by atoms with Crippen LogP contribution >= 0.6 is 0 Å². The molecule has 8 heteroatoms. The average molecular weight is 352 g/mol. The van der Waals surface area contributed by atoms with Gasteiger partial charge in [0.1, 0.15) is 0 Å². The van der Waals surface area contributed by atoms with Crippen molar-refractivity contribution in [2.24, 2.45) is 0 Å². The van der Waals surface area contributed by atoms with E-state index in [4.69, 9.17) is 0 Å². The van der Waals surface area contributed by atoms with Crippen LogP contribution in [0.5, 0.6) is 0 Å². The van der Waals surface area contributed by atoms with Crippen LogP contribution in [0.1, 0.15) is 34.3 Å². The van der Waals surface area contributed by atoms with Gasteiger partial charge in [-0.15, -0.1) is 0 Å². The number of nitro groups is 1. The van der Waals surface area contributed by atoms with Gasteiger partial charge in [-0.3, -0.25) is 14.9 Å². The molecule has 0 aromatic heterocycles. The van der Waals surface area contributed by atoms with Crippen molar-refractivity contribution in [2.45, 2.75) is 19.0 Å². The third kappa shape index (κ3) is 4.79. The molecule has 132 valence electrons. The fourth-order valence-corrected chi connectivity index (χ4v) is 2.23. The van der Waals surface area contributed by atoms with Gasteiger partial charge in [0.2, 0.25) is 0 Å². The predicted octanol–water partition coefficient (Wildman–Crippen LogP) is 4.15. The summed E-state index contributed by atoms with van der Waals surface area (Å²) in [5.74, 6) is -0.768. The second kappa shape index (κ2) is 7.33. The van der Waals surface area contributed by atoms with Crippen molar-refractivity contribution in [1.82, 2.24) is 5.32 Å². The Balaban J connectivity index is 2.00. The topological polar surface area (TPSA) is 72.2 Å².